The Labute approximate surface area is 237 Å². The van der Waals surface area contributed by atoms with Gasteiger partial charge in [0.2, 0.25) is 0 Å². The number of non-ortho nitro benzene ring substituents is 1. The number of ketones is 1. The van der Waals surface area contributed by atoms with E-state index in [1.807, 2.05) is 18.2 Å². The second kappa shape index (κ2) is 11.3. The van der Waals surface area contributed by atoms with Gasteiger partial charge in [0.25, 0.3) is 5.69 Å². The van der Waals surface area contributed by atoms with Crippen molar-refractivity contribution < 1.29 is 28.7 Å². The first-order valence-corrected chi connectivity index (χ1v) is 13.7. The molecule has 0 bridgehead atoms. The SMILES string of the molecule is COc1ccc(C2CC(=O)C3=C(C2)NC(C)=C(C(=O)OC2CCCC2)C3c2cc([N+](=O)[O-])ccc2Cl)cc1OC. The van der Waals surface area contributed by atoms with E-state index >= 15 is 0 Å². The Hall–Kier alpha value is -3.85. The van der Waals surface area contributed by atoms with E-state index in [4.69, 9.17) is 25.8 Å². The molecule has 10 heteroatoms. The lowest BCUT2D eigenvalue weighted by Gasteiger charge is -2.37. The molecule has 2 aromatic rings. The third-order valence-electron chi connectivity index (χ3n) is 8.00. The fraction of sp³-hybridized carbons (Fsp3) is 0.400. The monoisotopic (exact) mass is 566 g/mol. The van der Waals surface area contributed by atoms with Crippen LogP contribution in [0, 0.1) is 10.1 Å². The summed E-state index contributed by atoms with van der Waals surface area (Å²) >= 11 is 6.61. The molecule has 5 rings (SSSR count). The van der Waals surface area contributed by atoms with Crippen LogP contribution in [0.25, 0.3) is 0 Å². The van der Waals surface area contributed by atoms with Crippen molar-refractivity contribution in [3.63, 3.8) is 0 Å². The summed E-state index contributed by atoms with van der Waals surface area (Å²) in [6.45, 7) is 1.76. The highest BCUT2D eigenvalue weighted by Crippen LogP contribution is 2.48. The van der Waals surface area contributed by atoms with Gasteiger partial charge < -0.3 is 19.5 Å². The minimum Gasteiger partial charge on any atom is -0.493 e. The largest absolute Gasteiger partial charge is 0.493 e. The van der Waals surface area contributed by atoms with Crippen LogP contribution in [0.15, 0.2) is 58.9 Å². The van der Waals surface area contributed by atoms with Gasteiger partial charge in [-0.2, -0.15) is 0 Å². The van der Waals surface area contributed by atoms with Gasteiger partial charge >= 0.3 is 5.97 Å². The third kappa shape index (κ3) is 5.18. The highest BCUT2D eigenvalue weighted by Gasteiger charge is 2.43. The molecule has 0 saturated heterocycles. The minimum atomic E-state index is -0.892. The molecule has 2 aliphatic carbocycles. The molecule has 2 atom stereocenters. The zero-order chi connectivity index (χ0) is 28.6. The zero-order valence-electron chi connectivity index (χ0n) is 22.6. The molecule has 2 aromatic carbocycles. The van der Waals surface area contributed by atoms with E-state index in [1.54, 1.807) is 21.1 Å². The summed E-state index contributed by atoms with van der Waals surface area (Å²) in [6, 6.07) is 9.69. The van der Waals surface area contributed by atoms with Crippen LogP contribution in [0.4, 0.5) is 5.69 Å². The number of benzene rings is 2. The van der Waals surface area contributed by atoms with E-state index in [9.17, 15) is 19.7 Å². The molecule has 0 aromatic heterocycles. The number of hydrogen-bond donors (Lipinski definition) is 1. The number of nitro benzene ring substituents is 1. The normalized spacial score (nSPS) is 21.1. The van der Waals surface area contributed by atoms with Gasteiger partial charge in [-0.15, -0.1) is 0 Å². The minimum absolute atomic E-state index is 0.153. The van der Waals surface area contributed by atoms with Crippen LogP contribution in [-0.2, 0) is 14.3 Å². The van der Waals surface area contributed by atoms with Gasteiger partial charge in [-0.1, -0.05) is 17.7 Å². The highest BCUT2D eigenvalue weighted by atomic mass is 35.5. The van der Waals surface area contributed by atoms with Crippen LogP contribution in [0.3, 0.4) is 0 Å². The van der Waals surface area contributed by atoms with E-state index in [2.05, 4.69) is 5.32 Å². The van der Waals surface area contributed by atoms with Crippen molar-refractivity contribution in [2.24, 2.45) is 0 Å². The number of allylic oxidation sites excluding steroid dienone is 3. The van der Waals surface area contributed by atoms with Gasteiger partial charge in [-0.25, -0.2) is 4.79 Å². The highest BCUT2D eigenvalue weighted by molar-refractivity contribution is 6.31. The Morgan fingerprint density at radius 2 is 1.77 bits per heavy atom. The molecule has 1 N–H and O–H groups in total. The summed E-state index contributed by atoms with van der Waals surface area (Å²) in [5, 5.41) is 15.2. The summed E-state index contributed by atoms with van der Waals surface area (Å²) in [7, 11) is 3.12. The number of hydrogen-bond acceptors (Lipinski definition) is 8. The molecule has 210 valence electrons. The van der Waals surface area contributed by atoms with Crippen molar-refractivity contribution in [3.05, 3.63) is 85.2 Å². The zero-order valence-corrected chi connectivity index (χ0v) is 23.4. The number of nitrogens with zero attached hydrogens (tertiary/aromatic N) is 1. The molecule has 3 aliphatic rings. The van der Waals surface area contributed by atoms with Crippen molar-refractivity contribution in [3.8, 4) is 11.5 Å². The first-order valence-electron chi connectivity index (χ1n) is 13.3. The Morgan fingerprint density at radius 1 is 1.05 bits per heavy atom. The average Bonchev–Trinajstić information content (AvgIpc) is 3.44. The molecule has 40 heavy (non-hydrogen) atoms. The van der Waals surface area contributed by atoms with E-state index in [-0.39, 0.29) is 40.5 Å². The molecule has 9 nitrogen and oxygen atoms in total. The molecule has 0 radical (unpaired) electrons. The lowest BCUT2D eigenvalue weighted by Crippen LogP contribution is -2.36. The number of rotatable bonds is 7. The molecule has 0 spiro atoms. The maximum absolute atomic E-state index is 13.9. The van der Waals surface area contributed by atoms with Gasteiger partial charge in [-0.3, -0.25) is 14.9 Å². The van der Waals surface area contributed by atoms with Crippen molar-refractivity contribution in [2.45, 2.75) is 63.4 Å². The third-order valence-corrected chi connectivity index (χ3v) is 8.35. The van der Waals surface area contributed by atoms with E-state index in [0.29, 0.717) is 40.5 Å². The topological polar surface area (TPSA) is 117 Å². The van der Waals surface area contributed by atoms with Gasteiger partial charge in [0, 0.05) is 46.5 Å². The smallest absolute Gasteiger partial charge is 0.337 e. The molecular formula is C30H31ClN2O7. The van der Waals surface area contributed by atoms with Gasteiger partial charge in [0.05, 0.1) is 24.7 Å². The van der Waals surface area contributed by atoms with Gasteiger partial charge in [0.1, 0.15) is 6.10 Å². The Bertz CT molecular complexity index is 1440. The fourth-order valence-corrected chi connectivity index (χ4v) is 6.28. The molecule has 1 heterocycles. The Morgan fingerprint density at radius 3 is 2.45 bits per heavy atom. The van der Waals surface area contributed by atoms with Crippen LogP contribution in [-0.4, -0.2) is 37.0 Å². The van der Waals surface area contributed by atoms with E-state index in [1.165, 1.54) is 18.2 Å². The second-order valence-corrected chi connectivity index (χ2v) is 10.8. The van der Waals surface area contributed by atoms with Crippen LogP contribution in [0.5, 0.6) is 11.5 Å². The van der Waals surface area contributed by atoms with E-state index < -0.39 is 16.8 Å². The molecule has 2 unspecified atom stereocenters. The maximum atomic E-state index is 13.9. The number of halogens is 1. The first kappa shape index (κ1) is 27.7. The van der Waals surface area contributed by atoms with E-state index in [0.717, 1.165) is 31.2 Å². The number of dihydropyridines is 1. The van der Waals surface area contributed by atoms with Crippen molar-refractivity contribution in [1.82, 2.24) is 5.32 Å². The summed E-state index contributed by atoms with van der Waals surface area (Å²) < 4.78 is 16.7. The van der Waals surface area contributed by atoms with Crippen molar-refractivity contribution in [2.75, 3.05) is 14.2 Å². The summed E-state index contributed by atoms with van der Waals surface area (Å²) in [6.07, 6.45) is 4.02. The number of nitro groups is 1. The molecule has 0 amide bonds. The number of Topliss-reactive ketones (excluding diaryl/α,β-unsaturated/α-hetero) is 1. The lowest BCUT2D eigenvalue weighted by atomic mass is 9.71. The second-order valence-electron chi connectivity index (χ2n) is 10.4. The van der Waals surface area contributed by atoms with Crippen molar-refractivity contribution >= 4 is 29.0 Å². The summed E-state index contributed by atoms with van der Waals surface area (Å²) in [5.74, 6) is -0.589. The molecule has 1 aliphatic heterocycles. The predicted molar refractivity (Wildman–Crippen MR) is 149 cm³/mol. The number of ether oxygens (including phenoxy) is 3. The lowest BCUT2D eigenvalue weighted by molar-refractivity contribution is -0.384. The Kier molecular flexibility index (Phi) is 7.85. The quantitative estimate of drug-likeness (QED) is 0.242. The summed E-state index contributed by atoms with van der Waals surface area (Å²) in [5.41, 5.74) is 2.92. The van der Waals surface area contributed by atoms with Gasteiger partial charge in [0.15, 0.2) is 17.3 Å². The fourth-order valence-electron chi connectivity index (χ4n) is 6.05. The summed E-state index contributed by atoms with van der Waals surface area (Å²) in [4.78, 5) is 38.7. The molecule has 1 saturated carbocycles. The number of esters is 1. The average molecular weight is 567 g/mol. The predicted octanol–water partition coefficient (Wildman–Crippen LogP) is 6.11. The number of nitrogens with one attached hydrogen (secondary N) is 1. The standard InChI is InChI=1S/C30H31ClN2O7/c1-16-27(30(35)40-20-6-4-5-7-20)28(21-15-19(33(36)37)9-10-22(21)31)29-23(32-16)12-18(13-24(29)34)17-8-11-25(38-2)26(14-17)39-3/h8-11,14-15,18,20,28,32H,4-7,12-13H2,1-3H3. The van der Waals surface area contributed by atoms with Crippen LogP contribution in [0.1, 0.15) is 68.4 Å². The Balaban J connectivity index is 1.59. The molecule has 1 fully saturated rings. The first-order chi connectivity index (χ1) is 19.2. The van der Waals surface area contributed by atoms with Gasteiger partial charge in [-0.05, 0) is 74.3 Å². The number of methoxy groups -OCH3 is 2. The van der Waals surface area contributed by atoms with Crippen molar-refractivity contribution in [1.29, 1.82) is 0 Å². The van der Waals surface area contributed by atoms with Crippen LogP contribution < -0.4 is 14.8 Å². The number of carbonyl (C=O) groups is 2. The molecular weight excluding hydrogens is 536 g/mol. The number of carbonyl (C=O) groups excluding carboxylic acids is 2. The maximum Gasteiger partial charge on any atom is 0.337 e. The van der Waals surface area contributed by atoms with Crippen LogP contribution in [0.2, 0.25) is 5.02 Å². The van der Waals surface area contributed by atoms with Crippen LogP contribution >= 0.6 is 11.6 Å².